The maximum Gasteiger partial charge on any atom is 0.274 e. The van der Waals surface area contributed by atoms with Crippen LogP contribution in [0.3, 0.4) is 0 Å². The molecule has 0 saturated carbocycles. The molecule has 1 N–H and O–H groups in total. The fourth-order valence-corrected chi connectivity index (χ4v) is 5.31. The molecule has 3 aliphatic heterocycles. The Morgan fingerprint density at radius 3 is 3.11 bits per heavy atom. The number of rotatable bonds is 3. The van der Waals surface area contributed by atoms with Crippen LogP contribution in [0.15, 0.2) is 23.0 Å². The van der Waals surface area contributed by atoms with E-state index in [0.29, 0.717) is 37.9 Å². The number of aromatic nitrogens is 3. The molecule has 2 aromatic rings. The van der Waals surface area contributed by atoms with Crippen molar-refractivity contribution < 1.29 is 9.53 Å². The van der Waals surface area contributed by atoms with Crippen LogP contribution in [0, 0.1) is 5.92 Å². The summed E-state index contributed by atoms with van der Waals surface area (Å²) in [7, 11) is 0. The first-order valence-corrected chi connectivity index (χ1v) is 10.3. The van der Waals surface area contributed by atoms with E-state index in [2.05, 4.69) is 23.2 Å². The molecule has 2 bridgehead atoms. The average molecular weight is 382 g/mol. The zero-order chi connectivity index (χ0) is 19.3. The van der Waals surface area contributed by atoms with Gasteiger partial charge in [-0.05, 0) is 24.8 Å². The van der Waals surface area contributed by atoms with Gasteiger partial charge >= 0.3 is 0 Å². The van der Waals surface area contributed by atoms with Gasteiger partial charge in [0.05, 0.1) is 13.2 Å². The number of hydrogen-bond donors (Lipinski definition) is 1. The molecule has 0 radical (unpaired) electrons. The number of nitrogens with one attached hydrogen (secondary N) is 1. The lowest BCUT2D eigenvalue weighted by atomic mass is 9.77. The predicted molar refractivity (Wildman–Crippen MR) is 103 cm³/mol. The molecule has 7 heteroatoms. The number of piperidine rings is 1. The first kappa shape index (κ1) is 17.7. The summed E-state index contributed by atoms with van der Waals surface area (Å²) in [5, 5.41) is 7.36. The molecule has 0 unspecified atom stereocenters. The molecular weight excluding hydrogens is 356 g/mol. The molecule has 1 saturated heterocycles. The van der Waals surface area contributed by atoms with E-state index < -0.39 is 0 Å². The predicted octanol–water partition coefficient (Wildman–Crippen LogP) is 2.24. The highest BCUT2D eigenvalue weighted by Gasteiger charge is 2.42. The van der Waals surface area contributed by atoms with E-state index in [1.54, 1.807) is 6.07 Å². The third-order valence-corrected chi connectivity index (χ3v) is 6.57. The second-order valence-electron chi connectivity index (χ2n) is 8.25. The van der Waals surface area contributed by atoms with Gasteiger partial charge in [0.1, 0.15) is 0 Å². The van der Waals surface area contributed by atoms with Gasteiger partial charge in [-0.25, -0.2) is 0 Å². The zero-order valence-electron chi connectivity index (χ0n) is 16.2. The molecular formula is C21H26N4O3. The zero-order valence-corrected chi connectivity index (χ0v) is 16.2. The molecule has 1 amide bonds. The summed E-state index contributed by atoms with van der Waals surface area (Å²) in [6, 6.07) is 5.73. The first-order valence-electron chi connectivity index (χ1n) is 10.3. The molecule has 28 heavy (non-hydrogen) atoms. The van der Waals surface area contributed by atoms with E-state index in [0.717, 1.165) is 42.6 Å². The molecule has 1 fully saturated rings. The number of carbonyl (C=O) groups is 1. The number of pyridine rings is 1. The van der Waals surface area contributed by atoms with Crippen molar-refractivity contribution >= 4 is 5.91 Å². The Morgan fingerprint density at radius 2 is 2.25 bits per heavy atom. The minimum absolute atomic E-state index is 0.0142. The molecule has 2 aromatic heterocycles. The molecule has 7 nitrogen and oxygen atoms in total. The first-order chi connectivity index (χ1) is 13.7. The lowest BCUT2D eigenvalue weighted by Crippen LogP contribution is -2.51. The lowest BCUT2D eigenvalue weighted by molar-refractivity contribution is 0.0505. The Morgan fingerprint density at radius 1 is 1.36 bits per heavy atom. The molecule has 148 valence electrons. The minimum Gasteiger partial charge on any atom is -0.376 e. The van der Waals surface area contributed by atoms with Crippen molar-refractivity contribution in [3.05, 3.63) is 51.2 Å². The van der Waals surface area contributed by atoms with Gasteiger partial charge in [-0.3, -0.25) is 14.7 Å². The number of likely N-dealkylation sites (tertiary alicyclic amines) is 1. The molecule has 0 aliphatic carbocycles. The third-order valence-electron chi connectivity index (χ3n) is 6.57. The SMILES string of the molecule is CCC[C@H]1[C@H]2C[C@H](CN(C(=O)c3n[nH]c4c3COCC4)C2)c2cccc(=O)n21. The van der Waals surface area contributed by atoms with Crippen molar-refractivity contribution in [1.82, 2.24) is 19.7 Å². The summed E-state index contributed by atoms with van der Waals surface area (Å²) in [6.45, 7) is 4.59. The normalized spacial score (nSPS) is 25.9. The van der Waals surface area contributed by atoms with Crippen molar-refractivity contribution in [3.63, 3.8) is 0 Å². The highest BCUT2D eigenvalue weighted by Crippen LogP contribution is 2.43. The van der Waals surface area contributed by atoms with E-state index >= 15 is 0 Å². The number of ether oxygens (including phenoxy) is 1. The topological polar surface area (TPSA) is 80.2 Å². The number of aromatic amines is 1. The standard InChI is InChI=1S/C21H26N4O3/c1-2-4-17-13-9-14(18-5-3-6-19(26)25(17)18)11-24(10-13)21(27)20-15-12-28-8-7-16(15)22-23-20/h3,5-6,13-14,17H,2,4,7-12H2,1H3,(H,22,23)/t13-,14+,17-/m0/s1. The van der Waals surface area contributed by atoms with Crippen molar-refractivity contribution in [2.24, 2.45) is 5.92 Å². The van der Waals surface area contributed by atoms with Gasteiger partial charge in [0.25, 0.3) is 11.5 Å². The quantitative estimate of drug-likeness (QED) is 0.883. The van der Waals surface area contributed by atoms with E-state index in [1.165, 1.54) is 0 Å². The van der Waals surface area contributed by atoms with Gasteiger partial charge in [-0.1, -0.05) is 19.4 Å². The van der Waals surface area contributed by atoms with E-state index in [4.69, 9.17) is 4.74 Å². The van der Waals surface area contributed by atoms with Gasteiger partial charge in [0.15, 0.2) is 5.69 Å². The second-order valence-corrected chi connectivity index (χ2v) is 8.25. The van der Waals surface area contributed by atoms with Crippen molar-refractivity contribution in [2.45, 2.75) is 51.2 Å². The fourth-order valence-electron chi connectivity index (χ4n) is 5.31. The number of H-pyrrole nitrogens is 1. The fraction of sp³-hybridized carbons (Fsp3) is 0.571. The van der Waals surface area contributed by atoms with Gasteiger partial charge < -0.3 is 14.2 Å². The number of hydrogen-bond acceptors (Lipinski definition) is 4. The third kappa shape index (κ3) is 2.71. The largest absolute Gasteiger partial charge is 0.376 e. The summed E-state index contributed by atoms with van der Waals surface area (Å²) in [4.78, 5) is 27.9. The van der Waals surface area contributed by atoms with Crippen LogP contribution in [0.25, 0.3) is 0 Å². The van der Waals surface area contributed by atoms with E-state index in [9.17, 15) is 9.59 Å². The highest BCUT2D eigenvalue weighted by atomic mass is 16.5. The van der Waals surface area contributed by atoms with E-state index in [-0.39, 0.29) is 23.4 Å². The minimum atomic E-state index is -0.0142. The molecule has 0 spiro atoms. The average Bonchev–Trinajstić information content (AvgIpc) is 3.15. The maximum absolute atomic E-state index is 13.3. The van der Waals surface area contributed by atoms with E-state index in [1.807, 2.05) is 15.5 Å². The Hall–Kier alpha value is -2.41. The number of amides is 1. The summed E-state index contributed by atoms with van der Waals surface area (Å²) in [5.74, 6) is 0.497. The van der Waals surface area contributed by atoms with Crippen LogP contribution in [0.5, 0.6) is 0 Å². The highest BCUT2D eigenvalue weighted by molar-refractivity contribution is 5.94. The Bertz CT molecular complexity index is 963. The summed E-state index contributed by atoms with van der Waals surface area (Å²) < 4.78 is 7.56. The van der Waals surface area contributed by atoms with Crippen molar-refractivity contribution in [1.29, 1.82) is 0 Å². The molecule has 5 heterocycles. The van der Waals surface area contributed by atoms with Crippen LogP contribution in [-0.2, 0) is 17.8 Å². The summed E-state index contributed by atoms with van der Waals surface area (Å²) in [6.07, 6.45) is 3.79. The number of nitrogens with zero attached hydrogens (tertiary/aromatic N) is 3. The Kier molecular flexibility index (Phi) is 4.34. The van der Waals surface area contributed by atoms with Crippen LogP contribution < -0.4 is 5.56 Å². The Balaban J connectivity index is 1.48. The Labute approximate surface area is 163 Å². The monoisotopic (exact) mass is 382 g/mol. The second kappa shape index (κ2) is 6.88. The van der Waals surface area contributed by atoms with Crippen molar-refractivity contribution in [3.8, 4) is 0 Å². The smallest absolute Gasteiger partial charge is 0.274 e. The molecule has 5 rings (SSSR count). The van der Waals surface area contributed by atoms with Gasteiger partial charge in [0.2, 0.25) is 0 Å². The number of fused-ring (bicyclic) bond motifs is 5. The molecule has 3 atom stereocenters. The molecule has 0 aromatic carbocycles. The van der Waals surface area contributed by atoms with Crippen LogP contribution in [0.4, 0.5) is 0 Å². The van der Waals surface area contributed by atoms with Crippen molar-refractivity contribution in [2.75, 3.05) is 19.7 Å². The van der Waals surface area contributed by atoms with Crippen LogP contribution in [-0.4, -0.2) is 45.3 Å². The van der Waals surface area contributed by atoms with Gasteiger partial charge in [-0.15, -0.1) is 0 Å². The van der Waals surface area contributed by atoms with Gasteiger partial charge in [-0.2, -0.15) is 5.10 Å². The lowest BCUT2D eigenvalue weighted by Gasteiger charge is -2.47. The summed E-state index contributed by atoms with van der Waals surface area (Å²) >= 11 is 0. The van der Waals surface area contributed by atoms with Gasteiger partial charge in [0, 0.05) is 54.5 Å². The maximum atomic E-state index is 13.3. The molecule has 3 aliphatic rings. The van der Waals surface area contributed by atoms with Crippen LogP contribution in [0.2, 0.25) is 0 Å². The summed E-state index contributed by atoms with van der Waals surface area (Å²) in [5.41, 5.74) is 3.60. The van der Waals surface area contributed by atoms with Crippen LogP contribution >= 0.6 is 0 Å². The van der Waals surface area contributed by atoms with Crippen LogP contribution in [0.1, 0.15) is 65.6 Å². The number of carbonyl (C=O) groups excluding carboxylic acids is 1.